The van der Waals surface area contributed by atoms with Gasteiger partial charge in [-0.1, -0.05) is 30.7 Å². The van der Waals surface area contributed by atoms with Gasteiger partial charge < -0.3 is 10.1 Å². The van der Waals surface area contributed by atoms with E-state index in [0.717, 1.165) is 17.7 Å². The summed E-state index contributed by atoms with van der Waals surface area (Å²) in [5.41, 5.74) is 1.79. The maximum atomic E-state index is 11.6. The lowest BCUT2D eigenvalue weighted by Crippen LogP contribution is -2.28. The maximum absolute atomic E-state index is 11.6. The monoisotopic (exact) mass is 255 g/mol. The average Bonchev–Trinajstić information content (AvgIpc) is 2.30. The molecule has 0 unspecified atom stereocenters. The zero-order valence-corrected chi connectivity index (χ0v) is 11.2. The van der Waals surface area contributed by atoms with E-state index in [9.17, 15) is 4.79 Å². The van der Waals surface area contributed by atoms with Crippen LogP contribution < -0.4 is 5.32 Å². The van der Waals surface area contributed by atoms with Crippen LogP contribution in [-0.4, -0.2) is 18.6 Å². The number of halogens is 1. The van der Waals surface area contributed by atoms with E-state index < -0.39 is 6.04 Å². The SMILES string of the molecule is CCCOC(=O)[C@H](C)Nc1c(C)cccc1Cl. The van der Waals surface area contributed by atoms with Crippen LogP contribution >= 0.6 is 11.6 Å². The summed E-state index contributed by atoms with van der Waals surface area (Å²) in [6, 6.07) is 5.21. The van der Waals surface area contributed by atoms with Crippen LogP contribution in [0.2, 0.25) is 5.02 Å². The van der Waals surface area contributed by atoms with Gasteiger partial charge >= 0.3 is 5.97 Å². The van der Waals surface area contributed by atoms with Crippen LogP contribution in [0.3, 0.4) is 0 Å². The van der Waals surface area contributed by atoms with Crippen molar-refractivity contribution in [3.8, 4) is 0 Å². The fourth-order valence-electron chi connectivity index (χ4n) is 1.42. The van der Waals surface area contributed by atoms with Gasteiger partial charge in [-0.05, 0) is 31.9 Å². The van der Waals surface area contributed by atoms with Gasteiger partial charge in [-0.25, -0.2) is 4.79 Å². The Kier molecular flexibility index (Phi) is 5.29. The predicted octanol–water partition coefficient (Wildman–Crippen LogP) is 3.40. The third-order valence-corrected chi connectivity index (χ3v) is 2.70. The largest absolute Gasteiger partial charge is 0.464 e. The molecule has 4 heteroatoms. The summed E-state index contributed by atoms with van der Waals surface area (Å²) in [6.07, 6.45) is 0.823. The molecule has 1 N–H and O–H groups in total. The normalized spacial score (nSPS) is 12.0. The Balaban J connectivity index is 2.67. The molecule has 94 valence electrons. The minimum atomic E-state index is -0.403. The number of hydrogen-bond donors (Lipinski definition) is 1. The Morgan fingerprint density at radius 2 is 2.24 bits per heavy atom. The first kappa shape index (κ1) is 13.8. The third kappa shape index (κ3) is 3.93. The van der Waals surface area contributed by atoms with Crippen LogP contribution in [0.4, 0.5) is 5.69 Å². The summed E-state index contributed by atoms with van der Waals surface area (Å²) in [5.74, 6) is -0.258. The van der Waals surface area contributed by atoms with Crippen LogP contribution in [0.5, 0.6) is 0 Å². The first-order valence-corrected chi connectivity index (χ1v) is 6.12. The van der Waals surface area contributed by atoms with Crippen molar-refractivity contribution in [3.63, 3.8) is 0 Å². The van der Waals surface area contributed by atoms with Gasteiger partial charge in [0.15, 0.2) is 0 Å². The van der Waals surface area contributed by atoms with Crippen molar-refractivity contribution in [2.75, 3.05) is 11.9 Å². The molecule has 17 heavy (non-hydrogen) atoms. The lowest BCUT2D eigenvalue weighted by Gasteiger charge is -2.17. The summed E-state index contributed by atoms with van der Waals surface area (Å²) in [6.45, 7) is 6.12. The van der Waals surface area contributed by atoms with Crippen molar-refractivity contribution >= 4 is 23.3 Å². The van der Waals surface area contributed by atoms with Gasteiger partial charge in [0.1, 0.15) is 6.04 Å². The third-order valence-electron chi connectivity index (χ3n) is 2.38. The van der Waals surface area contributed by atoms with Gasteiger partial charge in [0.25, 0.3) is 0 Å². The molecule has 0 amide bonds. The molecule has 0 radical (unpaired) electrons. The molecule has 1 aromatic carbocycles. The van der Waals surface area contributed by atoms with Gasteiger partial charge in [0.2, 0.25) is 0 Å². The number of aryl methyl sites for hydroxylation is 1. The highest BCUT2D eigenvalue weighted by Crippen LogP contribution is 2.25. The van der Waals surface area contributed by atoms with Crippen LogP contribution in [-0.2, 0) is 9.53 Å². The van der Waals surface area contributed by atoms with Crippen molar-refractivity contribution < 1.29 is 9.53 Å². The smallest absolute Gasteiger partial charge is 0.328 e. The van der Waals surface area contributed by atoms with E-state index in [4.69, 9.17) is 16.3 Å². The molecule has 0 aliphatic rings. The number of ether oxygens (including phenoxy) is 1. The number of anilines is 1. The van der Waals surface area contributed by atoms with E-state index in [1.807, 2.05) is 26.0 Å². The first-order valence-electron chi connectivity index (χ1n) is 5.74. The topological polar surface area (TPSA) is 38.3 Å². The molecule has 0 fully saturated rings. The molecular weight excluding hydrogens is 238 g/mol. The molecule has 0 heterocycles. The minimum Gasteiger partial charge on any atom is -0.464 e. The van der Waals surface area contributed by atoms with E-state index in [0.29, 0.717) is 11.6 Å². The average molecular weight is 256 g/mol. The van der Waals surface area contributed by atoms with Gasteiger partial charge in [-0.2, -0.15) is 0 Å². The number of rotatable bonds is 5. The molecule has 1 rings (SSSR count). The van der Waals surface area contributed by atoms with Gasteiger partial charge in [-0.3, -0.25) is 0 Å². The van der Waals surface area contributed by atoms with E-state index >= 15 is 0 Å². The lowest BCUT2D eigenvalue weighted by atomic mass is 10.2. The van der Waals surface area contributed by atoms with Crippen molar-refractivity contribution in [2.24, 2.45) is 0 Å². The molecule has 3 nitrogen and oxygen atoms in total. The summed E-state index contributed by atoms with van der Waals surface area (Å²) in [5, 5.41) is 3.69. The Morgan fingerprint density at radius 3 is 2.82 bits per heavy atom. The molecule has 1 aromatic rings. The van der Waals surface area contributed by atoms with E-state index in [1.165, 1.54) is 0 Å². The standard InChI is InChI=1S/C13H18ClNO2/c1-4-8-17-13(16)10(3)15-12-9(2)6-5-7-11(12)14/h5-7,10,15H,4,8H2,1-3H3/t10-/m0/s1. The van der Waals surface area contributed by atoms with Crippen LogP contribution in [0.25, 0.3) is 0 Å². The zero-order valence-electron chi connectivity index (χ0n) is 10.4. The fraction of sp³-hybridized carbons (Fsp3) is 0.462. The van der Waals surface area contributed by atoms with Crippen molar-refractivity contribution in [1.29, 1.82) is 0 Å². The van der Waals surface area contributed by atoms with Crippen LogP contribution in [0.15, 0.2) is 18.2 Å². The van der Waals surface area contributed by atoms with Crippen molar-refractivity contribution in [1.82, 2.24) is 0 Å². The highest BCUT2D eigenvalue weighted by Gasteiger charge is 2.15. The number of hydrogen-bond acceptors (Lipinski definition) is 3. The molecule has 0 saturated heterocycles. The number of carbonyl (C=O) groups is 1. The molecule has 0 spiro atoms. The minimum absolute atomic E-state index is 0.258. The summed E-state index contributed by atoms with van der Waals surface area (Å²) in [7, 11) is 0. The number of esters is 1. The summed E-state index contributed by atoms with van der Waals surface area (Å²) >= 11 is 6.07. The molecular formula is C13H18ClNO2. The Hall–Kier alpha value is -1.22. The Bertz CT molecular complexity index is 373. The summed E-state index contributed by atoms with van der Waals surface area (Å²) < 4.78 is 5.06. The molecule has 0 aliphatic heterocycles. The van der Waals surface area contributed by atoms with E-state index in [-0.39, 0.29) is 5.97 Å². The van der Waals surface area contributed by atoms with Gasteiger partial charge in [0, 0.05) is 0 Å². The number of carbonyl (C=O) groups excluding carboxylic acids is 1. The van der Waals surface area contributed by atoms with E-state index in [1.54, 1.807) is 13.0 Å². The molecule has 0 saturated carbocycles. The van der Waals surface area contributed by atoms with Crippen molar-refractivity contribution in [3.05, 3.63) is 28.8 Å². The summed E-state index contributed by atoms with van der Waals surface area (Å²) in [4.78, 5) is 11.6. The highest BCUT2D eigenvalue weighted by molar-refractivity contribution is 6.33. The second kappa shape index (κ2) is 6.50. The highest BCUT2D eigenvalue weighted by atomic mass is 35.5. The van der Waals surface area contributed by atoms with Crippen molar-refractivity contribution in [2.45, 2.75) is 33.2 Å². The van der Waals surface area contributed by atoms with E-state index in [2.05, 4.69) is 5.32 Å². The quantitative estimate of drug-likeness (QED) is 0.820. The Morgan fingerprint density at radius 1 is 1.53 bits per heavy atom. The number of para-hydroxylation sites is 1. The van der Waals surface area contributed by atoms with Crippen LogP contribution in [0, 0.1) is 6.92 Å². The fourth-order valence-corrected chi connectivity index (χ4v) is 1.69. The number of nitrogens with one attached hydrogen (secondary N) is 1. The molecule has 0 bridgehead atoms. The maximum Gasteiger partial charge on any atom is 0.328 e. The van der Waals surface area contributed by atoms with Gasteiger partial charge in [-0.15, -0.1) is 0 Å². The molecule has 0 aliphatic carbocycles. The van der Waals surface area contributed by atoms with Crippen LogP contribution in [0.1, 0.15) is 25.8 Å². The second-order valence-corrected chi connectivity index (χ2v) is 4.37. The zero-order chi connectivity index (χ0) is 12.8. The first-order chi connectivity index (χ1) is 8.06. The van der Waals surface area contributed by atoms with Gasteiger partial charge in [0.05, 0.1) is 17.3 Å². The second-order valence-electron chi connectivity index (χ2n) is 3.97. The molecule has 0 aromatic heterocycles. The molecule has 1 atom stereocenters. The number of benzene rings is 1. The predicted molar refractivity (Wildman–Crippen MR) is 70.5 cm³/mol. The Labute approximate surface area is 107 Å². The lowest BCUT2D eigenvalue weighted by molar-refractivity contribution is -0.144.